The Hall–Kier alpha value is -2.34. The first-order valence-electron chi connectivity index (χ1n) is 7.61. The molecule has 124 valence electrons. The van der Waals surface area contributed by atoms with Gasteiger partial charge in [-0.15, -0.1) is 11.8 Å². The number of anilines is 1. The molecule has 2 N–H and O–H groups in total. The van der Waals surface area contributed by atoms with Gasteiger partial charge in [-0.05, 0) is 60.6 Å². The number of hydrogen-bond donors (Lipinski definition) is 2. The topological polar surface area (TPSA) is 58.2 Å². The number of nitrogens with one attached hydrogen (secondary N) is 2. The summed E-state index contributed by atoms with van der Waals surface area (Å²) in [7, 11) is 0. The van der Waals surface area contributed by atoms with Crippen LogP contribution in [0.1, 0.15) is 23.6 Å². The number of amides is 2. The normalized spacial score (nSPS) is 15.7. The number of rotatable bonds is 3. The first-order valence-corrected chi connectivity index (χ1v) is 8.83. The van der Waals surface area contributed by atoms with Gasteiger partial charge < -0.3 is 10.6 Å². The smallest absolute Gasteiger partial charge is 0.313 e. The van der Waals surface area contributed by atoms with E-state index in [4.69, 9.17) is 0 Å². The molecule has 1 aliphatic rings. The Morgan fingerprint density at radius 3 is 2.79 bits per heavy atom. The van der Waals surface area contributed by atoms with E-state index in [9.17, 15) is 14.0 Å². The Kier molecular flexibility index (Phi) is 4.85. The second kappa shape index (κ2) is 7.05. The molecular weight excluding hydrogens is 327 g/mol. The van der Waals surface area contributed by atoms with Crippen molar-refractivity contribution in [3.8, 4) is 0 Å². The highest BCUT2D eigenvalue weighted by Gasteiger charge is 2.26. The lowest BCUT2D eigenvalue weighted by Gasteiger charge is -2.14. The maximum Gasteiger partial charge on any atom is 0.313 e. The van der Waals surface area contributed by atoms with Gasteiger partial charge in [0.25, 0.3) is 0 Å². The highest BCUT2D eigenvalue weighted by atomic mass is 32.2. The Balaban J connectivity index is 1.65. The van der Waals surface area contributed by atoms with Crippen molar-refractivity contribution in [3.05, 3.63) is 59.4 Å². The van der Waals surface area contributed by atoms with Gasteiger partial charge in [-0.25, -0.2) is 4.39 Å². The van der Waals surface area contributed by atoms with E-state index in [0.29, 0.717) is 12.1 Å². The van der Waals surface area contributed by atoms with Crippen molar-refractivity contribution in [2.24, 2.45) is 0 Å². The average Bonchev–Trinajstić information content (AvgIpc) is 2.97. The summed E-state index contributed by atoms with van der Waals surface area (Å²) < 4.78 is 13.4. The molecule has 0 spiro atoms. The van der Waals surface area contributed by atoms with Gasteiger partial charge in [0.15, 0.2) is 0 Å². The van der Waals surface area contributed by atoms with Crippen LogP contribution in [0.3, 0.4) is 0 Å². The molecule has 0 radical (unpaired) electrons. The third-order valence-corrected chi connectivity index (χ3v) is 4.75. The van der Waals surface area contributed by atoms with Crippen LogP contribution in [0.5, 0.6) is 0 Å². The minimum Gasteiger partial charge on any atom is -0.341 e. The van der Waals surface area contributed by atoms with Gasteiger partial charge in [-0.2, -0.15) is 0 Å². The molecule has 0 aliphatic heterocycles. The van der Waals surface area contributed by atoms with Crippen molar-refractivity contribution in [1.82, 2.24) is 5.32 Å². The van der Waals surface area contributed by atoms with E-state index < -0.39 is 11.8 Å². The third kappa shape index (κ3) is 3.59. The Bertz CT molecular complexity index is 794. The van der Waals surface area contributed by atoms with E-state index in [1.54, 1.807) is 30.0 Å². The van der Waals surface area contributed by atoms with E-state index in [1.165, 1.54) is 12.1 Å². The fourth-order valence-corrected chi connectivity index (χ4v) is 3.30. The quantitative estimate of drug-likeness (QED) is 0.663. The average molecular weight is 344 g/mol. The van der Waals surface area contributed by atoms with Gasteiger partial charge in [0, 0.05) is 10.6 Å². The molecule has 4 nitrogen and oxygen atoms in total. The lowest BCUT2D eigenvalue weighted by Crippen LogP contribution is -2.37. The molecule has 0 bridgehead atoms. The molecule has 2 aromatic rings. The van der Waals surface area contributed by atoms with Crippen LogP contribution < -0.4 is 10.6 Å². The summed E-state index contributed by atoms with van der Waals surface area (Å²) in [6.07, 6.45) is 3.36. The number of benzene rings is 2. The maximum absolute atomic E-state index is 13.4. The molecule has 6 heteroatoms. The van der Waals surface area contributed by atoms with Crippen LogP contribution in [-0.4, -0.2) is 18.1 Å². The fourth-order valence-electron chi connectivity index (χ4n) is 2.84. The number of thioether (sulfide) groups is 1. The fraction of sp³-hybridized carbons (Fsp3) is 0.222. The van der Waals surface area contributed by atoms with E-state index in [0.717, 1.165) is 22.4 Å². The number of aryl methyl sites for hydroxylation is 1. The molecule has 0 heterocycles. The zero-order chi connectivity index (χ0) is 17.1. The molecule has 0 fully saturated rings. The van der Waals surface area contributed by atoms with Crippen molar-refractivity contribution in [1.29, 1.82) is 0 Å². The second-order valence-electron chi connectivity index (χ2n) is 5.59. The molecule has 0 saturated heterocycles. The summed E-state index contributed by atoms with van der Waals surface area (Å²) >= 11 is 1.55. The van der Waals surface area contributed by atoms with E-state index in [1.807, 2.05) is 18.4 Å². The number of hydrogen-bond acceptors (Lipinski definition) is 3. The summed E-state index contributed by atoms with van der Waals surface area (Å²) in [6, 6.07) is 11.5. The van der Waals surface area contributed by atoms with Crippen LogP contribution in [-0.2, 0) is 16.0 Å². The Labute approximate surface area is 143 Å². The van der Waals surface area contributed by atoms with Gasteiger partial charge in [0.1, 0.15) is 5.82 Å². The zero-order valence-electron chi connectivity index (χ0n) is 13.1. The highest BCUT2D eigenvalue weighted by molar-refractivity contribution is 7.98. The van der Waals surface area contributed by atoms with E-state index >= 15 is 0 Å². The van der Waals surface area contributed by atoms with Gasteiger partial charge in [-0.3, -0.25) is 9.59 Å². The van der Waals surface area contributed by atoms with Gasteiger partial charge in [-0.1, -0.05) is 12.1 Å². The molecule has 0 saturated carbocycles. The van der Waals surface area contributed by atoms with Crippen molar-refractivity contribution in [2.45, 2.75) is 23.8 Å². The molecule has 0 aromatic heterocycles. The van der Waals surface area contributed by atoms with Crippen LogP contribution in [0.25, 0.3) is 0 Å². The molecule has 1 atom stereocenters. The molecule has 0 unspecified atom stereocenters. The molecule has 1 aliphatic carbocycles. The van der Waals surface area contributed by atoms with E-state index in [2.05, 4.69) is 10.6 Å². The van der Waals surface area contributed by atoms with Crippen LogP contribution in [0, 0.1) is 5.82 Å². The van der Waals surface area contributed by atoms with Crippen molar-refractivity contribution in [3.63, 3.8) is 0 Å². The minimum absolute atomic E-state index is 0.327. The van der Waals surface area contributed by atoms with E-state index in [-0.39, 0.29) is 11.9 Å². The maximum atomic E-state index is 13.4. The number of carbonyl (C=O) groups is 2. The number of halogens is 1. The predicted molar refractivity (Wildman–Crippen MR) is 92.5 cm³/mol. The van der Waals surface area contributed by atoms with Crippen LogP contribution in [0.2, 0.25) is 0 Å². The third-order valence-electron chi connectivity index (χ3n) is 4.02. The van der Waals surface area contributed by atoms with Gasteiger partial charge in [0.05, 0.1) is 6.04 Å². The Morgan fingerprint density at radius 1 is 1.17 bits per heavy atom. The zero-order valence-corrected chi connectivity index (χ0v) is 14.0. The second-order valence-corrected chi connectivity index (χ2v) is 6.47. The highest BCUT2D eigenvalue weighted by Crippen LogP contribution is 2.31. The SMILES string of the molecule is CSc1cccc(NC(=O)C(=O)N[C@@H]2CCc3ccc(F)cc32)c1. The molecular formula is C18H17FN2O2S. The number of carbonyl (C=O) groups excluding carboxylic acids is 2. The lowest BCUT2D eigenvalue weighted by molar-refractivity contribution is -0.136. The van der Waals surface area contributed by atoms with Crippen molar-refractivity contribution >= 4 is 29.3 Å². The summed E-state index contributed by atoms with van der Waals surface area (Å²) in [6.45, 7) is 0. The number of fused-ring (bicyclic) bond motifs is 1. The monoisotopic (exact) mass is 344 g/mol. The van der Waals surface area contributed by atoms with Crippen LogP contribution in [0.15, 0.2) is 47.4 Å². The summed E-state index contributed by atoms with van der Waals surface area (Å²) in [5.74, 6) is -1.78. The first kappa shape index (κ1) is 16.5. The minimum atomic E-state index is -0.724. The molecule has 3 rings (SSSR count). The summed E-state index contributed by atoms with van der Waals surface area (Å²) in [5.41, 5.74) is 2.33. The predicted octanol–water partition coefficient (Wildman–Crippen LogP) is 3.29. The standard InChI is InChI=1S/C18H17FN2O2S/c1-24-14-4-2-3-13(10-14)20-17(22)18(23)21-16-8-6-11-5-7-12(19)9-15(11)16/h2-5,7,9-10,16H,6,8H2,1H3,(H,20,22)(H,21,23)/t16-/m1/s1. The van der Waals surface area contributed by atoms with Crippen LogP contribution >= 0.6 is 11.8 Å². The molecule has 24 heavy (non-hydrogen) atoms. The summed E-state index contributed by atoms with van der Waals surface area (Å²) in [4.78, 5) is 25.2. The largest absolute Gasteiger partial charge is 0.341 e. The van der Waals surface area contributed by atoms with Crippen molar-refractivity contribution in [2.75, 3.05) is 11.6 Å². The molecule has 2 amide bonds. The molecule has 2 aromatic carbocycles. The lowest BCUT2D eigenvalue weighted by atomic mass is 10.1. The van der Waals surface area contributed by atoms with Crippen molar-refractivity contribution < 1.29 is 14.0 Å². The van der Waals surface area contributed by atoms with Crippen LogP contribution in [0.4, 0.5) is 10.1 Å². The Morgan fingerprint density at radius 2 is 2.00 bits per heavy atom. The van der Waals surface area contributed by atoms with Gasteiger partial charge in [0.2, 0.25) is 0 Å². The summed E-state index contributed by atoms with van der Waals surface area (Å²) in [5, 5.41) is 5.28. The first-order chi connectivity index (χ1) is 11.6. The van der Waals surface area contributed by atoms with Gasteiger partial charge >= 0.3 is 11.8 Å².